The molecule has 0 saturated heterocycles. The van der Waals surface area contributed by atoms with Crippen molar-refractivity contribution >= 4 is 15.7 Å². The summed E-state index contributed by atoms with van der Waals surface area (Å²) in [4.78, 5) is -0.0508. The van der Waals surface area contributed by atoms with Crippen LogP contribution in [0.2, 0.25) is 0 Å². The number of alkyl halides is 2. The third-order valence-corrected chi connectivity index (χ3v) is 4.21. The van der Waals surface area contributed by atoms with Crippen LogP contribution in [0.5, 0.6) is 0 Å². The number of aryl methyl sites for hydroxylation is 1. The number of rotatable bonds is 4. The second-order valence-corrected chi connectivity index (χ2v) is 5.97. The van der Waals surface area contributed by atoms with E-state index in [1.165, 1.54) is 12.1 Å². The van der Waals surface area contributed by atoms with E-state index in [1.54, 1.807) is 31.2 Å². The van der Waals surface area contributed by atoms with Crippen LogP contribution in [-0.4, -0.2) is 8.42 Å². The summed E-state index contributed by atoms with van der Waals surface area (Å²) in [6.07, 6.45) is -2.61. The van der Waals surface area contributed by atoms with Crippen LogP contribution in [0.1, 0.15) is 17.6 Å². The third-order valence-electron chi connectivity index (χ3n) is 2.83. The lowest BCUT2D eigenvalue weighted by molar-refractivity contribution is 0.151. The zero-order chi connectivity index (χ0) is 14.8. The van der Waals surface area contributed by atoms with Crippen molar-refractivity contribution in [3.05, 3.63) is 59.7 Å². The van der Waals surface area contributed by atoms with Crippen molar-refractivity contribution in [1.29, 1.82) is 0 Å². The first-order chi connectivity index (χ1) is 9.40. The molecule has 0 fully saturated rings. The number of para-hydroxylation sites is 1. The maximum Gasteiger partial charge on any atom is 0.263 e. The first kappa shape index (κ1) is 14.5. The van der Waals surface area contributed by atoms with E-state index in [1.807, 2.05) is 0 Å². The molecule has 0 atom stereocenters. The Kier molecular flexibility index (Phi) is 4.04. The number of sulfonamides is 1. The van der Waals surface area contributed by atoms with Gasteiger partial charge in [-0.2, -0.15) is 0 Å². The van der Waals surface area contributed by atoms with E-state index < -0.39 is 16.4 Å². The highest BCUT2D eigenvalue weighted by molar-refractivity contribution is 7.92. The van der Waals surface area contributed by atoms with Gasteiger partial charge in [0.15, 0.2) is 0 Å². The minimum absolute atomic E-state index is 0.0508. The molecule has 0 aliphatic heterocycles. The van der Waals surface area contributed by atoms with Crippen LogP contribution in [-0.2, 0) is 10.0 Å². The highest BCUT2D eigenvalue weighted by Gasteiger charge is 2.16. The molecule has 0 spiro atoms. The summed E-state index contributed by atoms with van der Waals surface area (Å²) in [6.45, 7) is 1.78. The van der Waals surface area contributed by atoms with Gasteiger partial charge < -0.3 is 0 Å². The van der Waals surface area contributed by atoms with Gasteiger partial charge in [0.1, 0.15) is 0 Å². The summed E-state index contributed by atoms with van der Waals surface area (Å²) in [5, 5.41) is 0. The van der Waals surface area contributed by atoms with Crippen molar-refractivity contribution in [3.63, 3.8) is 0 Å². The fourth-order valence-corrected chi connectivity index (χ4v) is 2.81. The van der Waals surface area contributed by atoms with Gasteiger partial charge in [-0.25, -0.2) is 17.2 Å². The van der Waals surface area contributed by atoms with E-state index in [2.05, 4.69) is 4.72 Å². The van der Waals surface area contributed by atoms with Crippen molar-refractivity contribution in [1.82, 2.24) is 0 Å². The lowest BCUT2D eigenvalue weighted by Gasteiger charge is -2.10. The molecule has 106 valence electrons. The molecule has 0 bridgehead atoms. The summed E-state index contributed by atoms with van der Waals surface area (Å²) in [6, 6.07) is 11.5. The summed E-state index contributed by atoms with van der Waals surface area (Å²) in [7, 11) is -3.77. The fourth-order valence-electron chi connectivity index (χ4n) is 1.68. The molecule has 0 aliphatic rings. The predicted octanol–water partition coefficient (Wildman–Crippen LogP) is 3.73. The van der Waals surface area contributed by atoms with Crippen molar-refractivity contribution in [2.75, 3.05) is 4.72 Å². The van der Waals surface area contributed by atoms with Crippen molar-refractivity contribution in [2.24, 2.45) is 0 Å². The molecule has 0 radical (unpaired) electrons. The van der Waals surface area contributed by atoms with Gasteiger partial charge >= 0.3 is 0 Å². The molecule has 0 aliphatic carbocycles. The smallest absolute Gasteiger partial charge is 0.263 e. The molecule has 0 aromatic heterocycles. The number of anilines is 1. The minimum atomic E-state index is -3.77. The summed E-state index contributed by atoms with van der Waals surface area (Å²) < 4.78 is 51.6. The minimum Gasteiger partial charge on any atom is -0.279 e. The number of nitrogens with one attached hydrogen (secondary N) is 1. The highest BCUT2D eigenvalue weighted by atomic mass is 32.2. The molecule has 2 aromatic carbocycles. The highest BCUT2D eigenvalue weighted by Crippen LogP contribution is 2.22. The Bertz CT molecular complexity index is 697. The Labute approximate surface area is 116 Å². The van der Waals surface area contributed by atoms with Gasteiger partial charge in [0.25, 0.3) is 16.4 Å². The van der Waals surface area contributed by atoms with Gasteiger partial charge in [0.2, 0.25) is 0 Å². The van der Waals surface area contributed by atoms with Crippen molar-refractivity contribution in [3.8, 4) is 0 Å². The van der Waals surface area contributed by atoms with Crippen LogP contribution in [0.25, 0.3) is 0 Å². The van der Waals surface area contributed by atoms with Crippen LogP contribution in [0.3, 0.4) is 0 Å². The second-order valence-electron chi connectivity index (χ2n) is 4.29. The zero-order valence-corrected chi connectivity index (χ0v) is 11.5. The Morgan fingerprint density at radius 3 is 2.15 bits per heavy atom. The monoisotopic (exact) mass is 297 g/mol. The Balaban J connectivity index is 2.29. The van der Waals surface area contributed by atoms with E-state index >= 15 is 0 Å². The fraction of sp³-hybridized carbons (Fsp3) is 0.143. The standard InChI is InChI=1S/C14H13F2NO2S/c1-10-4-2-3-5-13(10)17-20(18,19)12-8-6-11(7-9-12)14(15)16/h2-9,14,17H,1H3. The normalized spacial score (nSPS) is 11.6. The molecule has 0 amide bonds. The number of halogens is 2. The zero-order valence-electron chi connectivity index (χ0n) is 10.7. The van der Waals surface area contributed by atoms with Gasteiger partial charge in [-0.1, -0.05) is 30.3 Å². The van der Waals surface area contributed by atoms with E-state index in [0.29, 0.717) is 5.69 Å². The number of hydrogen-bond donors (Lipinski definition) is 1. The van der Waals surface area contributed by atoms with E-state index in [9.17, 15) is 17.2 Å². The van der Waals surface area contributed by atoms with Crippen molar-refractivity contribution < 1.29 is 17.2 Å². The molecule has 1 N–H and O–H groups in total. The summed E-state index contributed by atoms with van der Waals surface area (Å²) in [5.74, 6) is 0. The van der Waals surface area contributed by atoms with Crippen LogP contribution in [0.4, 0.5) is 14.5 Å². The van der Waals surface area contributed by atoms with Gasteiger partial charge in [-0.05, 0) is 30.7 Å². The van der Waals surface area contributed by atoms with Gasteiger partial charge in [-0.15, -0.1) is 0 Å². The van der Waals surface area contributed by atoms with E-state index in [0.717, 1.165) is 17.7 Å². The molecular formula is C14H13F2NO2S. The molecule has 0 unspecified atom stereocenters. The Morgan fingerprint density at radius 2 is 1.60 bits per heavy atom. The topological polar surface area (TPSA) is 46.2 Å². The SMILES string of the molecule is Cc1ccccc1NS(=O)(=O)c1ccc(C(F)F)cc1. The van der Waals surface area contributed by atoms with Gasteiger partial charge in [-0.3, -0.25) is 4.72 Å². The molecule has 2 rings (SSSR count). The lowest BCUT2D eigenvalue weighted by Crippen LogP contribution is -2.13. The molecule has 3 nitrogen and oxygen atoms in total. The molecule has 0 saturated carbocycles. The van der Waals surface area contributed by atoms with Crippen LogP contribution >= 0.6 is 0 Å². The second kappa shape index (κ2) is 5.58. The lowest BCUT2D eigenvalue weighted by atomic mass is 10.2. The average molecular weight is 297 g/mol. The molecule has 0 heterocycles. The predicted molar refractivity (Wildman–Crippen MR) is 73.4 cm³/mol. The first-order valence-electron chi connectivity index (χ1n) is 5.87. The third kappa shape index (κ3) is 3.14. The Morgan fingerprint density at radius 1 is 1.00 bits per heavy atom. The maximum absolute atomic E-state index is 12.4. The average Bonchev–Trinajstić information content (AvgIpc) is 2.41. The van der Waals surface area contributed by atoms with Gasteiger partial charge in [0.05, 0.1) is 10.6 Å². The van der Waals surface area contributed by atoms with Crippen LogP contribution in [0.15, 0.2) is 53.4 Å². The summed E-state index contributed by atoms with van der Waals surface area (Å²) >= 11 is 0. The first-order valence-corrected chi connectivity index (χ1v) is 7.35. The molecule has 2 aromatic rings. The number of benzene rings is 2. The number of hydrogen-bond acceptors (Lipinski definition) is 2. The van der Waals surface area contributed by atoms with Crippen LogP contribution < -0.4 is 4.72 Å². The van der Waals surface area contributed by atoms with Gasteiger partial charge in [0, 0.05) is 5.56 Å². The summed E-state index contributed by atoms with van der Waals surface area (Å²) in [5.41, 5.74) is 1.03. The molecule has 20 heavy (non-hydrogen) atoms. The van der Waals surface area contributed by atoms with E-state index in [-0.39, 0.29) is 10.5 Å². The quantitative estimate of drug-likeness (QED) is 0.934. The molecule has 6 heteroatoms. The van der Waals surface area contributed by atoms with Crippen molar-refractivity contribution in [2.45, 2.75) is 18.2 Å². The molecular weight excluding hydrogens is 284 g/mol. The van der Waals surface area contributed by atoms with E-state index in [4.69, 9.17) is 0 Å². The largest absolute Gasteiger partial charge is 0.279 e. The van der Waals surface area contributed by atoms with Crippen LogP contribution in [0, 0.1) is 6.92 Å². The Hall–Kier alpha value is -1.95. The maximum atomic E-state index is 12.4.